The van der Waals surface area contributed by atoms with E-state index in [-0.39, 0.29) is 18.6 Å². The number of benzene rings is 1. The first kappa shape index (κ1) is 14.7. The normalized spacial score (nSPS) is 10.7. The monoisotopic (exact) mass is 250 g/mol. The maximum atomic E-state index is 12.0. The van der Waals surface area contributed by atoms with Crippen LogP contribution in [0.25, 0.3) is 0 Å². The third-order valence-electron chi connectivity index (χ3n) is 2.64. The molecule has 0 heterocycles. The molecule has 0 unspecified atom stereocenters. The highest BCUT2D eigenvalue weighted by Gasteiger charge is 2.14. The van der Waals surface area contributed by atoms with Crippen molar-refractivity contribution in [2.75, 3.05) is 18.1 Å². The summed E-state index contributed by atoms with van der Waals surface area (Å²) in [5.41, 5.74) is 7.49. The van der Waals surface area contributed by atoms with Crippen LogP contribution in [0.1, 0.15) is 26.3 Å². The van der Waals surface area contributed by atoms with Gasteiger partial charge >= 0.3 is 0 Å². The minimum absolute atomic E-state index is 0.0216. The Bertz CT molecular complexity index is 374. The number of hydrogen-bond donors (Lipinski definition) is 1. The van der Waals surface area contributed by atoms with Gasteiger partial charge in [-0.25, -0.2) is 0 Å². The van der Waals surface area contributed by atoms with Crippen molar-refractivity contribution < 1.29 is 9.53 Å². The number of likely N-dealkylation sites (N-methyl/N-ethyl adjacent to an activating group) is 1. The van der Waals surface area contributed by atoms with E-state index in [1.54, 1.807) is 4.90 Å². The van der Waals surface area contributed by atoms with Crippen LogP contribution >= 0.6 is 0 Å². The Hall–Kier alpha value is -1.39. The van der Waals surface area contributed by atoms with E-state index in [1.807, 2.05) is 45.0 Å². The minimum atomic E-state index is -0.0216. The van der Waals surface area contributed by atoms with Gasteiger partial charge in [-0.05, 0) is 38.5 Å². The van der Waals surface area contributed by atoms with Crippen LogP contribution in [-0.2, 0) is 16.1 Å². The van der Waals surface area contributed by atoms with E-state index in [2.05, 4.69) is 0 Å². The van der Waals surface area contributed by atoms with Crippen LogP contribution in [-0.4, -0.2) is 25.2 Å². The Kier molecular flexibility index (Phi) is 5.82. The fourth-order valence-electron chi connectivity index (χ4n) is 1.63. The third-order valence-corrected chi connectivity index (χ3v) is 2.64. The molecule has 0 aliphatic heterocycles. The molecule has 0 spiro atoms. The van der Waals surface area contributed by atoms with Crippen LogP contribution in [0.3, 0.4) is 0 Å². The molecule has 0 bridgehead atoms. The molecule has 1 aromatic carbocycles. The topological polar surface area (TPSA) is 55.6 Å². The average molecular weight is 250 g/mol. The highest BCUT2D eigenvalue weighted by molar-refractivity contribution is 5.94. The molecule has 0 aliphatic rings. The van der Waals surface area contributed by atoms with Gasteiger partial charge in [0.05, 0.1) is 6.10 Å². The third kappa shape index (κ3) is 4.13. The number of hydrogen-bond acceptors (Lipinski definition) is 3. The fourth-order valence-corrected chi connectivity index (χ4v) is 1.63. The van der Waals surface area contributed by atoms with Gasteiger partial charge in [-0.2, -0.15) is 0 Å². The predicted octanol–water partition coefficient (Wildman–Crippen LogP) is 1.92. The lowest BCUT2D eigenvalue weighted by atomic mass is 10.2. The van der Waals surface area contributed by atoms with Crippen molar-refractivity contribution >= 4 is 11.6 Å². The molecule has 1 rings (SSSR count). The highest BCUT2D eigenvalue weighted by atomic mass is 16.5. The van der Waals surface area contributed by atoms with Crippen molar-refractivity contribution in [3.05, 3.63) is 29.8 Å². The standard InChI is InChI=1S/C14H22N2O2/c1-4-16(14(17)10-18-11(2)3)13-7-5-12(9-15)6-8-13/h5-8,11H,4,9-10,15H2,1-3H3. The van der Waals surface area contributed by atoms with Crippen molar-refractivity contribution in [2.45, 2.75) is 33.4 Å². The molecular formula is C14H22N2O2. The van der Waals surface area contributed by atoms with Crippen molar-refractivity contribution in [2.24, 2.45) is 5.73 Å². The van der Waals surface area contributed by atoms with E-state index < -0.39 is 0 Å². The smallest absolute Gasteiger partial charge is 0.252 e. The zero-order valence-electron chi connectivity index (χ0n) is 11.3. The second kappa shape index (κ2) is 7.13. The Balaban J connectivity index is 2.72. The second-order valence-corrected chi connectivity index (χ2v) is 4.37. The van der Waals surface area contributed by atoms with Gasteiger partial charge in [0, 0.05) is 18.8 Å². The van der Waals surface area contributed by atoms with Crippen LogP contribution in [0.5, 0.6) is 0 Å². The molecule has 1 amide bonds. The summed E-state index contributed by atoms with van der Waals surface area (Å²) in [6.45, 7) is 7.03. The first-order valence-electron chi connectivity index (χ1n) is 6.29. The Labute approximate surface area is 109 Å². The summed E-state index contributed by atoms with van der Waals surface area (Å²) >= 11 is 0. The van der Waals surface area contributed by atoms with E-state index in [9.17, 15) is 4.79 Å². The molecule has 0 atom stereocenters. The predicted molar refractivity (Wildman–Crippen MR) is 73.4 cm³/mol. The molecule has 1 aromatic rings. The number of amides is 1. The maximum Gasteiger partial charge on any atom is 0.252 e. The zero-order valence-corrected chi connectivity index (χ0v) is 11.3. The first-order valence-corrected chi connectivity index (χ1v) is 6.29. The molecule has 0 saturated heterocycles. The van der Waals surface area contributed by atoms with E-state index in [4.69, 9.17) is 10.5 Å². The Morgan fingerprint density at radius 1 is 1.33 bits per heavy atom. The maximum absolute atomic E-state index is 12.0. The number of nitrogens with two attached hydrogens (primary N) is 1. The summed E-state index contributed by atoms with van der Waals surface area (Å²) in [6, 6.07) is 7.71. The summed E-state index contributed by atoms with van der Waals surface area (Å²) in [4.78, 5) is 13.7. The van der Waals surface area contributed by atoms with Gasteiger partial charge in [0.15, 0.2) is 0 Å². The first-order chi connectivity index (χ1) is 8.58. The van der Waals surface area contributed by atoms with Crippen molar-refractivity contribution in [3.63, 3.8) is 0 Å². The Morgan fingerprint density at radius 2 is 1.94 bits per heavy atom. The van der Waals surface area contributed by atoms with Gasteiger partial charge in [-0.1, -0.05) is 12.1 Å². The average Bonchev–Trinajstić information content (AvgIpc) is 2.38. The van der Waals surface area contributed by atoms with E-state index in [1.165, 1.54) is 0 Å². The van der Waals surface area contributed by atoms with Crippen LogP contribution in [0, 0.1) is 0 Å². The SMILES string of the molecule is CCN(C(=O)COC(C)C)c1ccc(CN)cc1. The number of rotatable bonds is 6. The minimum Gasteiger partial charge on any atom is -0.369 e. The molecule has 0 aliphatic carbocycles. The largest absolute Gasteiger partial charge is 0.369 e. The van der Waals surface area contributed by atoms with Crippen molar-refractivity contribution in [1.82, 2.24) is 0 Å². The molecule has 18 heavy (non-hydrogen) atoms. The van der Waals surface area contributed by atoms with Crippen LogP contribution in [0.15, 0.2) is 24.3 Å². The van der Waals surface area contributed by atoms with Gasteiger partial charge in [0.2, 0.25) is 0 Å². The summed E-state index contributed by atoms with van der Waals surface area (Å²) < 4.78 is 5.34. The lowest BCUT2D eigenvalue weighted by Gasteiger charge is -2.21. The summed E-state index contributed by atoms with van der Waals surface area (Å²) in [5.74, 6) is -0.0216. The van der Waals surface area contributed by atoms with Crippen molar-refractivity contribution in [3.8, 4) is 0 Å². The van der Waals surface area contributed by atoms with E-state index in [0.29, 0.717) is 13.1 Å². The molecule has 4 nitrogen and oxygen atoms in total. The summed E-state index contributed by atoms with van der Waals surface area (Å²) in [7, 11) is 0. The van der Waals surface area contributed by atoms with Crippen LogP contribution in [0.2, 0.25) is 0 Å². The number of anilines is 1. The number of nitrogens with zero attached hydrogens (tertiary/aromatic N) is 1. The summed E-state index contributed by atoms with van der Waals surface area (Å²) in [5, 5.41) is 0. The summed E-state index contributed by atoms with van der Waals surface area (Å²) in [6.07, 6.45) is 0.0623. The van der Waals surface area contributed by atoms with Gasteiger partial charge < -0.3 is 15.4 Å². The van der Waals surface area contributed by atoms with E-state index >= 15 is 0 Å². The molecule has 0 saturated carbocycles. The molecule has 4 heteroatoms. The zero-order chi connectivity index (χ0) is 13.5. The lowest BCUT2D eigenvalue weighted by Crippen LogP contribution is -2.34. The molecule has 0 aromatic heterocycles. The number of ether oxygens (including phenoxy) is 1. The fraction of sp³-hybridized carbons (Fsp3) is 0.500. The molecule has 2 N–H and O–H groups in total. The quantitative estimate of drug-likeness (QED) is 0.839. The molecule has 0 fully saturated rings. The Morgan fingerprint density at radius 3 is 2.39 bits per heavy atom. The lowest BCUT2D eigenvalue weighted by molar-refractivity contribution is -0.124. The van der Waals surface area contributed by atoms with Crippen LogP contribution in [0.4, 0.5) is 5.69 Å². The van der Waals surface area contributed by atoms with Crippen molar-refractivity contribution in [1.29, 1.82) is 0 Å². The van der Waals surface area contributed by atoms with Gasteiger partial charge in [-0.15, -0.1) is 0 Å². The molecular weight excluding hydrogens is 228 g/mol. The van der Waals surface area contributed by atoms with Crippen LogP contribution < -0.4 is 10.6 Å². The second-order valence-electron chi connectivity index (χ2n) is 4.37. The van der Waals surface area contributed by atoms with Gasteiger partial charge in [0.25, 0.3) is 5.91 Å². The number of carbonyl (C=O) groups is 1. The van der Waals surface area contributed by atoms with Gasteiger partial charge in [0.1, 0.15) is 6.61 Å². The van der Waals surface area contributed by atoms with Gasteiger partial charge in [-0.3, -0.25) is 4.79 Å². The molecule has 0 radical (unpaired) electrons. The molecule has 100 valence electrons. The van der Waals surface area contributed by atoms with E-state index in [0.717, 1.165) is 11.3 Å². The highest BCUT2D eigenvalue weighted by Crippen LogP contribution is 2.15. The number of carbonyl (C=O) groups excluding carboxylic acids is 1.